The first-order valence-electron chi connectivity index (χ1n) is 9.42. The van der Waals surface area contributed by atoms with Crippen LogP contribution in [0.1, 0.15) is 5.56 Å². The molecule has 0 amide bonds. The van der Waals surface area contributed by atoms with Gasteiger partial charge in [0, 0.05) is 29.8 Å². The summed E-state index contributed by atoms with van der Waals surface area (Å²) < 4.78 is 56.6. The Hall–Kier alpha value is -3.45. The second kappa shape index (κ2) is 10.0. The average Bonchev–Trinajstić information content (AvgIpc) is 3.12. The van der Waals surface area contributed by atoms with Gasteiger partial charge in [0.2, 0.25) is 5.89 Å². The maximum absolute atomic E-state index is 13.2. The highest BCUT2D eigenvalue weighted by molar-refractivity contribution is 7.71. The summed E-state index contributed by atoms with van der Waals surface area (Å²) in [5.41, 5.74) is 0.286. The lowest BCUT2D eigenvalue weighted by atomic mass is 10.1. The number of rotatable bonds is 9. The number of hydrogen-bond acceptors (Lipinski definition) is 8. The van der Waals surface area contributed by atoms with Gasteiger partial charge in [-0.05, 0) is 24.4 Å². The topological polar surface area (TPSA) is 95.8 Å². The van der Waals surface area contributed by atoms with Crippen molar-refractivity contribution in [2.24, 2.45) is 0 Å². The van der Waals surface area contributed by atoms with Crippen LogP contribution in [0.3, 0.4) is 0 Å². The standard InChI is InChI=1S/C20H19F3N4O5S/c1-30-15-7-14(8-16(9-15)31-2)18-24-26(19(33)32-18)12-25(11-20(21,22)23)10-13-5-3-4-6-17(13)27(28)29/h3-9H,10-12H2,1-2H3. The van der Waals surface area contributed by atoms with Crippen molar-refractivity contribution in [1.29, 1.82) is 0 Å². The van der Waals surface area contributed by atoms with Crippen LogP contribution in [-0.4, -0.2) is 46.5 Å². The van der Waals surface area contributed by atoms with Gasteiger partial charge in [0.25, 0.3) is 10.5 Å². The summed E-state index contributed by atoms with van der Waals surface area (Å²) in [6.07, 6.45) is -4.56. The highest BCUT2D eigenvalue weighted by atomic mass is 32.1. The average molecular weight is 484 g/mol. The number of aromatic nitrogens is 2. The number of benzene rings is 2. The number of para-hydroxylation sites is 1. The van der Waals surface area contributed by atoms with E-state index >= 15 is 0 Å². The summed E-state index contributed by atoms with van der Waals surface area (Å²) in [4.78, 5) is 11.4. The van der Waals surface area contributed by atoms with Gasteiger partial charge in [0.15, 0.2) is 0 Å². The Kier molecular flexibility index (Phi) is 7.33. The first-order chi connectivity index (χ1) is 15.6. The maximum Gasteiger partial charge on any atom is 0.401 e. The molecule has 1 heterocycles. The molecule has 3 rings (SSSR count). The van der Waals surface area contributed by atoms with Gasteiger partial charge in [0.1, 0.15) is 11.5 Å². The molecule has 2 aromatic carbocycles. The largest absolute Gasteiger partial charge is 0.497 e. The quantitative estimate of drug-likeness (QED) is 0.242. The normalized spacial score (nSPS) is 11.6. The minimum absolute atomic E-state index is 0.0508. The van der Waals surface area contributed by atoms with E-state index < -0.39 is 24.3 Å². The summed E-state index contributed by atoms with van der Waals surface area (Å²) in [6.45, 7) is -2.10. The molecule has 0 N–H and O–H groups in total. The summed E-state index contributed by atoms with van der Waals surface area (Å²) in [6, 6.07) is 10.4. The molecule has 0 aliphatic heterocycles. The van der Waals surface area contributed by atoms with Crippen molar-refractivity contribution in [2.45, 2.75) is 19.4 Å². The molecule has 0 bridgehead atoms. The van der Waals surface area contributed by atoms with Crippen LogP contribution in [0.4, 0.5) is 18.9 Å². The number of nitrogens with zero attached hydrogens (tertiary/aromatic N) is 4. The first kappa shape index (κ1) is 24.2. The van der Waals surface area contributed by atoms with Gasteiger partial charge in [-0.3, -0.25) is 15.0 Å². The first-order valence-corrected chi connectivity index (χ1v) is 9.83. The van der Waals surface area contributed by atoms with Crippen molar-refractivity contribution in [1.82, 2.24) is 14.7 Å². The van der Waals surface area contributed by atoms with Crippen LogP contribution in [0.2, 0.25) is 0 Å². The highest BCUT2D eigenvalue weighted by Crippen LogP contribution is 2.29. The summed E-state index contributed by atoms with van der Waals surface area (Å²) in [5.74, 6) is 0.958. The molecule has 9 nitrogen and oxygen atoms in total. The summed E-state index contributed by atoms with van der Waals surface area (Å²) >= 11 is 5.14. The van der Waals surface area contributed by atoms with Crippen LogP contribution in [-0.2, 0) is 13.2 Å². The van der Waals surface area contributed by atoms with E-state index in [1.54, 1.807) is 18.2 Å². The molecule has 0 saturated carbocycles. The zero-order valence-electron chi connectivity index (χ0n) is 17.5. The number of methoxy groups -OCH3 is 2. The molecule has 0 aliphatic rings. The Balaban J connectivity index is 1.92. The fourth-order valence-corrected chi connectivity index (χ4v) is 3.28. The third kappa shape index (κ3) is 6.29. The maximum atomic E-state index is 13.2. The highest BCUT2D eigenvalue weighted by Gasteiger charge is 2.32. The van der Waals surface area contributed by atoms with E-state index in [4.69, 9.17) is 26.1 Å². The van der Waals surface area contributed by atoms with Crippen molar-refractivity contribution in [3.05, 3.63) is 63.0 Å². The zero-order chi connectivity index (χ0) is 24.2. The lowest BCUT2D eigenvalue weighted by Gasteiger charge is -2.23. The molecule has 0 radical (unpaired) electrons. The number of alkyl halides is 3. The molecule has 0 atom stereocenters. The van der Waals surface area contributed by atoms with Crippen molar-refractivity contribution in [3.8, 4) is 23.0 Å². The minimum Gasteiger partial charge on any atom is -0.497 e. The smallest absolute Gasteiger partial charge is 0.401 e. The van der Waals surface area contributed by atoms with E-state index in [-0.39, 0.29) is 28.5 Å². The van der Waals surface area contributed by atoms with Crippen LogP contribution in [0, 0.1) is 15.0 Å². The van der Waals surface area contributed by atoms with Crippen LogP contribution < -0.4 is 9.47 Å². The third-order valence-electron chi connectivity index (χ3n) is 4.52. The van der Waals surface area contributed by atoms with Gasteiger partial charge in [-0.15, -0.1) is 5.10 Å². The van der Waals surface area contributed by atoms with E-state index in [2.05, 4.69) is 5.10 Å². The molecular formula is C20H19F3N4O5S. The number of nitro groups is 1. The van der Waals surface area contributed by atoms with Gasteiger partial charge in [-0.2, -0.15) is 13.2 Å². The van der Waals surface area contributed by atoms with Crippen molar-refractivity contribution < 1.29 is 32.0 Å². The molecule has 33 heavy (non-hydrogen) atoms. The number of ether oxygens (including phenoxy) is 2. The van der Waals surface area contributed by atoms with Crippen molar-refractivity contribution >= 4 is 17.9 Å². The van der Waals surface area contributed by atoms with Crippen molar-refractivity contribution in [3.63, 3.8) is 0 Å². The second-order valence-corrected chi connectivity index (χ2v) is 7.25. The molecule has 3 aromatic rings. The van der Waals surface area contributed by atoms with Gasteiger partial charge < -0.3 is 13.9 Å². The molecule has 0 unspecified atom stereocenters. The predicted octanol–water partition coefficient (Wildman–Crippen LogP) is 4.82. The minimum atomic E-state index is -4.56. The number of halogens is 3. The van der Waals surface area contributed by atoms with Crippen LogP contribution in [0.5, 0.6) is 11.5 Å². The van der Waals surface area contributed by atoms with E-state index in [9.17, 15) is 23.3 Å². The summed E-state index contributed by atoms with van der Waals surface area (Å²) in [7, 11) is 2.93. The van der Waals surface area contributed by atoms with Gasteiger partial charge >= 0.3 is 6.18 Å². The zero-order valence-corrected chi connectivity index (χ0v) is 18.4. The molecule has 0 aliphatic carbocycles. The molecule has 13 heteroatoms. The lowest BCUT2D eigenvalue weighted by Crippen LogP contribution is -2.35. The Morgan fingerprint density at radius 2 is 1.82 bits per heavy atom. The van der Waals surface area contributed by atoms with Gasteiger partial charge in [-0.1, -0.05) is 18.2 Å². The Morgan fingerprint density at radius 3 is 2.39 bits per heavy atom. The van der Waals surface area contributed by atoms with Crippen LogP contribution in [0.25, 0.3) is 11.5 Å². The molecular weight excluding hydrogens is 465 g/mol. The molecule has 0 fully saturated rings. The monoisotopic (exact) mass is 484 g/mol. The molecule has 0 saturated heterocycles. The molecule has 0 spiro atoms. The number of hydrogen-bond donors (Lipinski definition) is 0. The molecule has 176 valence electrons. The Labute approximate surface area is 191 Å². The summed E-state index contributed by atoms with van der Waals surface area (Å²) in [5, 5.41) is 15.5. The van der Waals surface area contributed by atoms with E-state index in [0.29, 0.717) is 17.1 Å². The Bertz CT molecular complexity index is 1170. The Morgan fingerprint density at radius 1 is 1.18 bits per heavy atom. The fourth-order valence-electron chi connectivity index (χ4n) is 3.11. The van der Waals surface area contributed by atoms with Gasteiger partial charge in [0.05, 0.1) is 32.4 Å². The number of nitro benzene ring substituents is 1. The van der Waals surface area contributed by atoms with Gasteiger partial charge in [-0.25, -0.2) is 4.68 Å². The second-order valence-electron chi connectivity index (χ2n) is 6.90. The molecule has 1 aromatic heterocycles. The van der Waals surface area contributed by atoms with E-state index in [1.807, 2.05) is 0 Å². The predicted molar refractivity (Wildman–Crippen MR) is 113 cm³/mol. The fraction of sp³-hybridized carbons (Fsp3) is 0.300. The van der Waals surface area contributed by atoms with Crippen LogP contribution in [0.15, 0.2) is 46.9 Å². The lowest BCUT2D eigenvalue weighted by molar-refractivity contribution is -0.385. The van der Waals surface area contributed by atoms with E-state index in [1.165, 1.54) is 38.5 Å². The van der Waals surface area contributed by atoms with E-state index in [0.717, 1.165) is 9.58 Å². The van der Waals surface area contributed by atoms with Crippen molar-refractivity contribution in [2.75, 3.05) is 20.8 Å². The van der Waals surface area contributed by atoms with Crippen LogP contribution >= 0.6 is 12.2 Å². The SMILES string of the molecule is COc1cc(OC)cc(-c2nn(CN(Cc3ccccc3[N+](=O)[O-])CC(F)(F)F)c(=S)o2)c1. The third-order valence-corrected chi connectivity index (χ3v) is 4.82.